The Morgan fingerprint density at radius 1 is 0.963 bits per heavy atom. The number of furan rings is 1. The number of benzene rings is 2. The Bertz CT molecular complexity index is 899. The SMILES string of the molecule is CCCOc1ccc(-c2cc(-c3ccc(CN)cc3)co2)cc1C(F)(F)F. The highest BCUT2D eigenvalue weighted by Crippen LogP contribution is 2.39. The van der Waals surface area contributed by atoms with Crippen molar-refractivity contribution in [1.29, 1.82) is 0 Å². The molecule has 142 valence electrons. The lowest BCUT2D eigenvalue weighted by Crippen LogP contribution is -2.09. The van der Waals surface area contributed by atoms with Crippen LogP contribution in [0.4, 0.5) is 13.2 Å². The molecule has 0 aliphatic rings. The molecule has 2 N–H and O–H groups in total. The fourth-order valence-electron chi connectivity index (χ4n) is 2.71. The summed E-state index contributed by atoms with van der Waals surface area (Å²) in [4.78, 5) is 0. The fourth-order valence-corrected chi connectivity index (χ4v) is 2.71. The highest BCUT2D eigenvalue weighted by molar-refractivity contribution is 5.70. The van der Waals surface area contributed by atoms with Gasteiger partial charge >= 0.3 is 6.18 Å². The number of alkyl halides is 3. The van der Waals surface area contributed by atoms with Gasteiger partial charge in [0.1, 0.15) is 11.5 Å². The lowest BCUT2D eigenvalue weighted by Gasteiger charge is -2.14. The molecule has 3 rings (SSSR count). The van der Waals surface area contributed by atoms with Crippen LogP contribution in [0.25, 0.3) is 22.5 Å². The van der Waals surface area contributed by atoms with Crippen molar-refractivity contribution in [2.75, 3.05) is 6.61 Å². The van der Waals surface area contributed by atoms with Crippen LogP contribution in [0.2, 0.25) is 0 Å². The van der Waals surface area contributed by atoms with Crippen LogP contribution in [-0.4, -0.2) is 6.61 Å². The van der Waals surface area contributed by atoms with Crippen LogP contribution in [0.5, 0.6) is 5.75 Å². The second-order valence-electron chi connectivity index (χ2n) is 6.16. The van der Waals surface area contributed by atoms with Crippen LogP contribution in [0, 0.1) is 0 Å². The minimum Gasteiger partial charge on any atom is -0.493 e. The maximum atomic E-state index is 13.4. The van der Waals surface area contributed by atoms with Crippen molar-refractivity contribution >= 4 is 0 Å². The second-order valence-corrected chi connectivity index (χ2v) is 6.16. The number of nitrogens with two attached hydrogens (primary N) is 1. The van der Waals surface area contributed by atoms with Crippen molar-refractivity contribution < 1.29 is 22.3 Å². The Labute approximate surface area is 155 Å². The van der Waals surface area contributed by atoms with Gasteiger partial charge in [-0.2, -0.15) is 13.2 Å². The van der Waals surface area contributed by atoms with Crippen LogP contribution < -0.4 is 10.5 Å². The summed E-state index contributed by atoms with van der Waals surface area (Å²) in [5.74, 6) is 0.192. The van der Waals surface area contributed by atoms with E-state index in [4.69, 9.17) is 14.9 Å². The van der Waals surface area contributed by atoms with E-state index >= 15 is 0 Å². The summed E-state index contributed by atoms with van der Waals surface area (Å²) in [6.45, 7) is 2.52. The molecule has 1 heterocycles. The van der Waals surface area contributed by atoms with Crippen molar-refractivity contribution in [3.63, 3.8) is 0 Å². The average Bonchev–Trinajstić information content (AvgIpc) is 3.15. The number of ether oxygens (including phenoxy) is 1. The molecule has 0 aliphatic heterocycles. The molecule has 1 aromatic heterocycles. The first-order chi connectivity index (χ1) is 12.9. The van der Waals surface area contributed by atoms with E-state index in [1.54, 1.807) is 12.1 Å². The second kappa shape index (κ2) is 7.88. The van der Waals surface area contributed by atoms with Gasteiger partial charge in [-0.15, -0.1) is 0 Å². The van der Waals surface area contributed by atoms with Crippen LogP contribution in [0.15, 0.2) is 59.2 Å². The molecule has 3 aromatic rings. The first-order valence-electron chi connectivity index (χ1n) is 8.64. The Hall–Kier alpha value is -2.73. The summed E-state index contributed by atoms with van der Waals surface area (Å²) in [6.07, 6.45) is -2.35. The van der Waals surface area contributed by atoms with Crippen molar-refractivity contribution in [3.8, 4) is 28.2 Å². The summed E-state index contributed by atoms with van der Waals surface area (Å²) in [5, 5.41) is 0. The van der Waals surface area contributed by atoms with Crippen molar-refractivity contribution in [2.45, 2.75) is 26.1 Å². The molecule has 0 bridgehead atoms. The summed E-state index contributed by atoms with van der Waals surface area (Å²) < 4.78 is 50.9. The van der Waals surface area contributed by atoms with E-state index in [-0.39, 0.29) is 12.4 Å². The molecule has 2 aromatic carbocycles. The Morgan fingerprint density at radius 3 is 2.30 bits per heavy atom. The predicted octanol–water partition coefficient (Wildman–Crippen LogP) is 5.88. The topological polar surface area (TPSA) is 48.4 Å². The summed E-state index contributed by atoms with van der Waals surface area (Å²) in [6, 6.07) is 13.3. The van der Waals surface area contributed by atoms with E-state index in [9.17, 15) is 13.2 Å². The van der Waals surface area contributed by atoms with E-state index in [0.29, 0.717) is 24.3 Å². The van der Waals surface area contributed by atoms with E-state index in [2.05, 4.69) is 0 Å². The molecular weight excluding hydrogens is 355 g/mol. The largest absolute Gasteiger partial charge is 0.493 e. The Kier molecular flexibility index (Phi) is 5.56. The predicted molar refractivity (Wildman–Crippen MR) is 98.3 cm³/mol. The monoisotopic (exact) mass is 375 g/mol. The van der Waals surface area contributed by atoms with Gasteiger partial charge in [0, 0.05) is 17.7 Å². The van der Waals surface area contributed by atoms with E-state index in [1.807, 2.05) is 31.2 Å². The standard InChI is InChI=1S/C21H20F3NO2/c1-2-9-26-19-8-7-16(10-18(19)21(22,23)24)20-11-17(13-27-20)15-5-3-14(12-25)4-6-15/h3-8,10-11,13H,2,9,12,25H2,1H3. The summed E-state index contributed by atoms with van der Waals surface area (Å²) in [5.41, 5.74) is 7.82. The van der Waals surface area contributed by atoms with Gasteiger partial charge in [0.2, 0.25) is 0 Å². The lowest BCUT2D eigenvalue weighted by molar-refractivity contribution is -0.138. The Balaban J connectivity index is 1.93. The Morgan fingerprint density at radius 2 is 1.67 bits per heavy atom. The molecule has 0 spiro atoms. The van der Waals surface area contributed by atoms with E-state index < -0.39 is 11.7 Å². The van der Waals surface area contributed by atoms with Crippen molar-refractivity contribution in [2.24, 2.45) is 5.73 Å². The third kappa shape index (κ3) is 4.34. The van der Waals surface area contributed by atoms with Crippen LogP contribution in [0.3, 0.4) is 0 Å². The van der Waals surface area contributed by atoms with Gasteiger partial charge in [-0.3, -0.25) is 0 Å². The molecule has 0 saturated heterocycles. The first-order valence-corrected chi connectivity index (χ1v) is 8.64. The normalized spacial score (nSPS) is 11.6. The molecule has 27 heavy (non-hydrogen) atoms. The number of halogens is 3. The molecular formula is C21H20F3NO2. The van der Waals surface area contributed by atoms with Gasteiger partial charge in [0.25, 0.3) is 0 Å². The zero-order chi connectivity index (χ0) is 19.4. The van der Waals surface area contributed by atoms with Gasteiger partial charge in [-0.1, -0.05) is 31.2 Å². The third-order valence-electron chi connectivity index (χ3n) is 4.15. The number of hydrogen-bond donors (Lipinski definition) is 1. The van der Waals surface area contributed by atoms with Gasteiger partial charge in [-0.05, 0) is 41.8 Å². The number of hydrogen-bond acceptors (Lipinski definition) is 3. The van der Waals surface area contributed by atoms with Gasteiger partial charge in [-0.25, -0.2) is 0 Å². The lowest BCUT2D eigenvalue weighted by atomic mass is 10.0. The van der Waals surface area contributed by atoms with Crippen LogP contribution >= 0.6 is 0 Å². The fraction of sp³-hybridized carbons (Fsp3) is 0.238. The smallest absolute Gasteiger partial charge is 0.419 e. The summed E-state index contributed by atoms with van der Waals surface area (Å²) in [7, 11) is 0. The minimum atomic E-state index is -4.51. The zero-order valence-electron chi connectivity index (χ0n) is 14.8. The highest BCUT2D eigenvalue weighted by Gasteiger charge is 2.35. The minimum absolute atomic E-state index is 0.169. The number of rotatable bonds is 6. The zero-order valence-corrected chi connectivity index (χ0v) is 14.8. The molecule has 0 amide bonds. The first kappa shape index (κ1) is 19.0. The van der Waals surface area contributed by atoms with Gasteiger partial charge in [0.15, 0.2) is 0 Å². The molecule has 3 nitrogen and oxygen atoms in total. The maximum absolute atomic E-state index is 13.4. The summed E-state index contributed by atoms with van der Waals surface area (Å²) >= 11 is 0. The van der Waals surface area contributed by atoms with Crippen LogP contribution in [-0.2, 0) is 12.7 Å². The van der Waals surface area contributed by atoms with Crippen molar-refractivity contribution in [1.82, 2.24) is 0 Å². The average molecular weight is 375 g/mol. The van der Waals surface area contributed by atoms with E-state index in [1.165, 1.54) is 12.3 Å². The van der Waals surface area contributed by atoms with Crippen molar-refractivity contribution in [3.05, 3.63) is 65.9 Å². The highest BCUT2D eigenvalue weighted by atomic mass is 19.4. The van der Waals surface area contributed by atoms with Crippen LogP contribution in [0.1, 0.15) is 24.5 Å². The molecule has 0 fully saturated rings. The molecule has 0 radical (unpaired) electrons. The molecule has 6 heteroatoms. The van der Waals surface area contributed by atoms with Gasteiger partial charge in [0.05, 0.1) is 18.4 Å². The third-order valence-corrected chi connectivity index (χ3v) is 4.15. The van der Waals surface area contributed by atoms with Gasteiger partial charge < -0.3 is 14.9 Å². The molecule has 0 saturated carbocycles. The maximum Gasteiger partial charge on any atom is 0.419 e. The molecule has 0 atom stereocenters. The molecule has 0 aliphatic carbocycles. The molecule has 0 unspecified atom stereocenters. The quantitative estimate of drug-likeness (QED) is 0.585. The van der Waals surface area contributed by atoms with E-state index in [0.717, 1.165) is 22.8 Å².